The van der Waals surface area contributed by atoms with Gasteiger partial charge in [-0.1, -0.05) is 13.8 Å². The van der Waals surface area contributed by atoms with Gasteiger partial charge in [-0.2, -0.15) is 0 Å². The first-order valence-corrected chi connectivity index (χ1v) is 4.45. The molecule has 0 aliphatic carbocycles. The summed E-state index contributed by atoms with van der Waals surface area (Å²) in [6, 6.07) is 0. The van der Waals surface area contributed by atoms with Crippen LogP contribution in [0, 0.1) is 0 Å². The third-order valence-corrected chi connectivity index (χ3v) is 2.17. The van der Waals surface area contributed by atoms with Crippen molar-refractivity contribution < 1.29 is 5.11 Å². The number of hydrogen-bond donors (Lipinski definition) is 2. The molecule has 68 valence electrons. The number of β-amino-alcohol motifs (C(OH)–C–C–N with tert-alkyl or cyclic N) is 1. The molecule has 11 heavy (non-hydrogen) atoms. The summed E-state index contributed by atoms with van der Waals surface area (Å²) in [5, 5.41) is 12.6. The van der Waals surface area contributed by atoms with Gasteiger partial charge in [0.15, 0.2) is 0 Å². The van der Waals surface area contributed by atoms with Crippen molar-refractivity contribution in [2.45, 2.75) is 52.2 Å². The van der Waals surface area contributed by atoms with Gasteiger partial charge in [0.1, 0.15) is 0 Å². The lowest BCUT2D eigenvalue weighted by Gasteiger charge is -2.25. The molecule has 0 rings (SSSR count). The molecule has 0 saturated carbocycles. The predicted molar refractivity (Wildman–Crippen MR) is 48.7 cm³/mol. The lowest BCUT2D eigenvalue weighted by molar-refractivity contribution is 0.154. The average Bonchev–Trinajstić information content (AvgIpc) is 2.00. The maximum atomic E-state index is 9.25. The van der Waals surface area contributed by atoms with Crippen molar-refractivity contribution in [1.82, 2.24) is 5.32 Å². The van der Waals surface area contributed by atoms with Crippen LogP contribution in [0.5, 0.6) is 0 Å². The molecule has 1 atom stereocenters. The Kier molecular flexibility index (Phi) is 4.69. The fourth-order valence-corrected chi connectivity index (χ4v) is 0.663. The minimum atomic E-state index is -0.194. The molecule has 0 bridgehead atoms. The Hall–Kier alpha value is -0.0800. The van der Waals surface area contributed by atoms with E-state index in [1.807, 2.05) is 6.92 Å². The number of aliphatic hydroxyl groups excluding tert-OH is 1. The first kappa shape index (κ1) is 10.9. The summed E-state index contributed by atoms with van der Waals surface area (Å²) in [5.41, 5.74) is 0.163. The summed E-state index contributed by atoms with van der Waals surface area (Å²) in [6.07, 6.45) is 1.72. The zero-order chi connectivity index (χ0) is 8.91. The molecule has 2 heteroatoms. The number of hydrogen-bond acceptors (Lipinski definition) is 2. The van der Waals surface area contributed by atoms with Crippen molar-refractivity contribution in [3.05, 3.63) is 0 Å². The van der Waals surface area contributed by atoms with Crippen molar-refractivity contribution in [3.63, 3.8) is 0 Å². The molecule has 0 aromatic rings. The summed E-state index contributed by atoms with van der Waals surface area (Å²) in [5.74, 6) is 0. The normalized spacial score (nSPS) is 15.0. The summed E-state index contributed by atoms with van der Waals surface area (Å²) in [4.78, 5) is 0. The monoisotopic (exact) mass is 159 g/mol. The maximum Gasteiger partial charge on any atom is 0.0662 e. The third-order valence-electron chi connectivity index (χ3n) is 2.17. The van der Waals surface area contributed by atoms with Crippen LogP contribution in [0.2, 0.25) is 0 Å². The van der Waals surface area contributed by atoms with Crippen LogP contribution < -0.4 is 5.32 Å². The van der Waals surface area contributed by atoms with Crippen molar-refractivity contribution in [2.24, 2.45) is 0 Å². The molecule has 0 aliphatic heterocycles. The van der Waals surface area contributed by atoms with Crippen LogP contribution in [-0.4, -0.2) is 23.3 Å². The van der Waals surface area contributed by atoms with Crippen molar-refractivity contribution in [1.29, 1.82) is 0 Å². The molecule has 0 heterocycles. The van der Waals surface area contributed by atoms with E-state index in [0.29, 0.717) is 6.54 Å². The Morgan fingerprint density at radius 1 is 1.36 bits per heavy atom. The fourth-order valence-electron chi connectivity index (χ4n) is 0.663. The van der Waals surface area contributed by atoms with E-state index in [1.165, 1.54) is 0 Å². The van der Waals surface area contributed by atoms with Gasteiger partial charge in [0, 0.05) is 12.1 Å². The van der Waals surface area contributed by atoms with Crippen molar-refractivity contribution in [2.75, 3.05) is 6.54 Å². The molecule has 0 saturated heterocycles. The lowest BCUT2D eigenvalue weighted by atomic mass is 10.0. The second kappa shape index (κ2) is 4.73. The van der Waals surface area contributed by atoms with E-state index < -0.39 is 0 Å². The molecular weight excluding hydrogens is 138 g/mol. The van der Waals surface area contributed by atoms with Crippen LogP contribution in [0.25, 0.3) is 0 Å². The highest BCUT2D eigenvalue weighted by Gasteiger charge is 2.14. The third kappa shape index (κ3) is 5.22. The highest BCUT2D eigenvalue weighted by Crippen LogP contribution is 2.06. The summed E-state index contributed by atoms with van der Waals surface area (Å²) >= 11 is 0. The lowest BCUT2D eigenvalue weighted by Crippen LogP contribution is -2.42. The minimum absolute atomic E-state index is 0.163. The van der Waals surface area contributed by atoms with E-state index in [2.05, 4.69) is 26.1 Å². The number of rotatable bonds is 5. The first-order chi connectivity index (χ1) is 5.02. The smallest absolute Gasteiger partial charge is 0.0662 e. The molecule has 0 aliphatic rings. The second-order valence-corrected chi connectivity index (χ2v) is 3.68. The molecular formula is C9H21NO. The Balaban J connectivity index is 3.52. The van der Waals surface area contributed by atoms with E-state index in [9.17, 15) is 5.11 Å². The maximum absolute atomic E-state index is 9.25. The molecule has 0 spiro atoms. The van der Waals surface area contributed by atoms with Gasteiger partial charge in [-0.05, 0) is 26.7 Å². The number of nitrogens with one attached hydrogen (secondary N) is 1. The van der Waals surface area contributed by atoms with Gasteiger partial charge in [-0.15, -0.1) is 0 Å². The van der Waals surface area contributed by atoms with Gasteiger partial charge in [0.25, 0.3) is 0 Å². The van der Waals surface area contributed by atoms with Crippen LogP contribution in [0.1, 0.15) is 40.5 Å². The van der Waals surface area contributed by atoms with E-state index in [1.54, 1.807) is 0 Å². The fraction of sp³-hybridized carbons (Fsp3) is 1.00. The molecule has 2 nitrogen and oxygen atoms in total. The van der Waals surface area contributed by atoms with Gasteiger partial charge in [0.05, 0.1) is 6.10 Å². The van der Waals surface area contributed by atoms with E-state index in [-0.39, 0.29) is 11.6 Å². The standard InChI is InChI=1S/C9H21NO/c1-5-8(11)7-10-9(3,4)6-2/h8,10-11H,5-7H2,1-4H3/t8-/m1/s1. The molecule has 2 N–H and O–H groups in total. The van der Waals surface area contributed by atoms with Crippen LogP contribution in [0.3, 0.4) is 0 Å². The van der Waals surface area contributed by atoms with E-state index in [4.69, 9.17) is 0 Å². The van der Waals surface area contributed by atoms with Crippen LogP contribution in [0.15, 0.2) is 0 Å². The summed E-state index contributed by atoms with van der Waals surface area (Å²) < 4.78 is 0. The van der Waals surface area contributed by atoms with Gasteiger partial charge >= 0.3 is 0 Å². The van der Waals surface area contributed by atoms with Gasteiger partial charge in [-0.25, -0.2) is 0 Å². The topological polar surface area (TPSA) is 32.3 Å². The second-order valence-electron chi connectivity index (χ2n) is 3.68. The summed E-state index contributed by atoms with van der Waals surface area (Å²) in [7, 11) is 0. The predicted octanol–water partition coefficient (Wildman–Crippen LogP) is 1.54. The zero-order valence-electron chi connectivity index (χ0n) is 8.15. The van der Waals surface area contributed by atoms with Crippen LogP contribution in [0.4, 0.5) is 0 Å². The van der Waals surface area contributed by atoms with E-state index >= 15 is 0 Å². The largest absolute Gasteiger partial charge is 0.392 e. The Morgan fingerprint density at radius 2 is 1.91 bits per heavy atom. The highest BCUT2D eigenvalue weighted by atomic mass is 16.3. The van der Waals surface area contributed by atoms with Crippen molar-refractivity contribution in [3.8, 4) is 0 Å². The Labute approximate surface area is 70.0 Å². The van der Waals surface area contributed by atoms with E-state index in [0.717, 1.165) is 12.8 Å². The molecule has 0 aromatic carbocycles. The molecule has 0 radical (unpaired) electrons. The Bertz CT molecular complexity index is 102. The zero-order valence-corrected chi connectivity index (χ0v) is 8.15. The van der Waals surface area contributed by atoms with Gasteiger partial charge < -0.3 is 10.4 Å². The summed E-state index contributed by atoms with van der Waals surface area (Å²) in [6.45, 7) is 9.14. The minimum Gasteiger partial charge on any atom is -0.392 e. The Morgan fingerprint density at radius 3 is 2.27 bits per heavy atom. The van der Waals surface area contributed by atoms with Gasteiger partial charge in [-0.3, -0.25) is 0 Å². The molecule has 0 fully saturated rings. The average molecular weight is 159 g/mol. The SMILES string of the molecule is CC[C@@H](O)CNC(C)(C)CC. The highest BCUT2D eigenvalue weighted by molar-refractivity contribution is 4.76. The number of aliphatic hydroxyl groups is 1. The quantitative estimate of drug-likeness (QED) is 0.637. The van der Waals surface area contributed by atoms with Gasteiger partial charge in [0.2, 0.25) is 0 Å². The molecule has 0 aromatic heterocycles. The first-order valence-electron chi connectivity index (χ1n) is 4.45. The molecule has 0 amide bonds. The molecule has 0 unspecified atom stereocenters. The van der Waals surface area contributed by atoms with Crippen LogP contribution in [-0.2, 0) is 0 Å². The van der Waals surface area contributed by atoms with Crippen LogP contribution >= 0.6 is 0 Å². The van der Waals surface area contributed by atoms with Crippen molar-refractivity contribution >= 4 is 0 Å².